The molecule has 1 aromatic carbocycles. The van der Waals surface area contributed by atoms with Gasteiger partial charge in [0.05, 0.1) is 12.7 Å². The average molecular weight is 278 g/mol. The molecular weight excluding hydrogens is 256 g/mol. The minimum Gasteiger partial charge on any atom is -0.479 e. The van der Waals surface area contributed by atoms with Crippen molar-refractivity contribution in [2.45, 2.75) is 51.7 Å². The number of hydrogen-bond acceptors (Lipinski definition) is 4. The van der Waals surface area contributed by atoms with Gasteiger partial charge in [-0.15, -0.1) is 0 Å². The highest BCUT2D eigenvalue weighted by Gasteiger charge is 2.22. The predicted molar refractivity (Wildman–Crippen MR) is 75.7 cm³/mol. The van der Waals surface area contributed by atoms with Crippen LogP contribution in [0.4, 0.5) is 0 Å². The summed E-state index contributed by atoms with van der Waals surface area (Å²) in [5, 5.41) is 9.92. The molecule has 1 aromatic rings. The molecule has 20 heavy (non-hydrogen) atoms. The third-order valence-electron chi connectivity index (χ3n) is 3.60. The van der Waals surface area contributed by atoms with E-state index in [4.69, 9.17) is 9.47 Å². The first kappa shape index (κ1) is 14.9. The number of hydrogen-bond donors (Lipinski definition) is 1. The van der Waals surface area contributed by atoms with Crippen LogP contribution in [0.25, 0.3) is 0 Å². The van der Waals surface area contributed by atoms with E-state index in [2.05, 4.69) is 0 Å². The molecule has 0 aromatic heterocycles. The van der Waals surface area contributed by atoms with Gasteiger partial charge in [-0.1, -0.05) is 13.0 Å². The van der Waals surface area contributed by atoms with Crippen LogP contribution in [0.5, 0.6) is 5.75 Å². The molecule has 0 bridgehead atoms. The maximum Gasteiger partial charge on any atom is 0.347 e. The second kappa shape index (κ2) is 6.75. The molecule has 2 unspecified atom stereocenters. The second-order valence-electron chi connectivity index (χ2n) is 5.04. The molecule has 0 fully saturated rings. The van der Waals surface area contributed by atoms with Gasteiger partial charge in [0, 0.05) is 0 Å². The van der Waals surface area contributed by atoms with Crippen LogP contribution in [0.3, 0.4) is 0 Å². The topological polar surface area (TPSA) is 55.8 Å². The van der Waals surface area contributed by atoms with E-state index in [1.807, 2.05) is 25.1 Å². The normalized spacial score (nSPS) is 19.1. The number of carbonyl (C=O) groups is 1. The van der Waals surface area contributed by atoms with E-state index < -0.39 is 6.10 Å². The Balaban J connectivity index is 2.11. The van der Waals surface area contributed by atoms with Gasteiger partial charge in [0.1, 0.15) is 5.75 Å². The van der Waals surface area contributed by atoms with Gasteiger partial charge in [0.2, 0.25) is 0 Å². The maximum absolute atomic E-state index is 11.7. The van der Waals surface area contributed by atoms with Crippen LogP contribution in [0.1, 0.15) is 50.3 Å². The molecule has 4 heteroatoms. The summed E-state index contributed by atoms with van der Waals surface area (Å²) in [4.78, 5) is 11.7. The van der Waals surface area contributed by atoms with E-state index in [-0.39, 0.29) is 12.1 Å². The summed E-state index contributed by atoms with van der Waals surface area (Å²) < 4.78 is 10.7. The van der Waals surface area contributed by atoms with Crippen molar-refractivity contribution in [2.75, 3.05) is 6.61 Å². The van der Waals surface area contributed by atoms with Crippen molar-refractivity contribution in [3.63, 3.8) is 0 Å². The lowest BCUT2D eigenvalue weighted by Gasteiger charge is -2.23. The highest BCUT2D eigenvalue weighted by molar-refractivity contribution is 5.75. The standard InChI is InChI=1S/C16H22O4/c1-3-15(16(18)19-4-2)20-12-8-9-13-11(10-12)6-5-7-14(13)17/h8-10,14-15,17H,3-7H2,1-2H3. The Kier molecular flexibility index (Phi) is 5.01. The molecule has 0 saturated heterocycles. The quantitative estimate of drug-likeness (QED) is 0.841. The number of aliphatic hydroxyl groups excluding tert-OH is 1. The van der Waals surface area contributed by atoms with Gasteiger partial charge in [-0.25, -0.2) is 4.79 Å². The molecule has 1 N–H and O–H groups in total. The summed E-state index contributed by atoms with van der Waals surface area (Å²) in [5.74, 6) is 0.338. The maximum atomic E-state index is 11.7. The first-order valence-electron chi connectivity index (χ1n) is 7.29. The Labute approximate surface area is 119 Å². The Hall–Kier alpha value is -1.55. The minimum absolute atomic E-state index is 0.326. The van der Waals surface area contributed by atoms with Crippen LogP contribution in [-0.2, 0) is 16.0 Å². The molecule has 0 amide bonds. The predicted octanol–water partition coefficient (Wildman–Crippen LogP) is 2.78. The molecular formula is C16H22O4. The molecule has 0 spiro atoms. The zero-order chi connectivity index (χ0) is 14.5. The Morgan fingerprint density at radius 3 is 2.95 bits per heavy atom. The highest BCUT2D eigenvalue weighted by atomic mass is 16.6. The van der Waals surface area contributed by atoms with Crippen LogP contribution in [0.15, 0.2) is 18.2 Å². The van der Waals surface area contributed by atoms with Gasteiger partial charge in [-0.2, -0.15) is 0 Å². The van der Waals surface area contributed by atoms with Crippen LogP contribution >= 0.6 is 0 Å². The van der Waals surface area contributed by atoms with Crippen molar-refractivity contribution in [1.29, 1.82) is 0 Å². The van der Waals surface area contributed by atoms with Crippen molar-refractivity contribution in [3.8, 4) is 5.75 Å². The van der Waals surface area contributed by atoms with Gasteiger partial charge in [-0.05, 0) is 55.9 Å². The lowest BCUT2D eigenvalue weighted by Crippen LogP contribution is -2.28. The second-order valence-corrected chi connectivity index (χ2v) is 5.04. The van der Waals surface area contributed by atoms with E-state index >= 15 is 0 Å². The first-order chi connectivity index (χ1) is 9.65. The summed E-state index contributed by atoms with van der Waals surface area (Å²) in [6.45, 7) is 4.03. The SMILES string of the molecule is CCOC(=O)C(CC)Oc1ccc2c(c1)CCCC2O. The molecule has 1 aliphatic carbocycles. The number of rotatable bonds is 5. The summed E-state index contributed by atoms with van der Waals surface area (Å²) in [7, 11) is 0. The van der Waals surface area contributed by atoms with E-state index in [9.17, 15) is 9.90 Å². The number of aliphatic hydroxyl groups is 1. The van der Waals surface area contributed by atoms with Gasteiger partial charge < -0.3 is 14.6 Å². The average Bonchev–Trinajstić information content (AvgIpc) is 2.45. The monoisotopic (exact) mass is 278 g/mol. The molecule has 1 aliphatic rings. The third-order valence-corrected chi connectivity index (χ3v) is 3.60. The lowest BCUT2D eigenvalue weighted by atomic mass is 9.89. The van der Waals surface area contributed by atoms with Crippen LogP contribution in [-0.4, -0.2) is 23.8 Å². The molecule has 0 radical (unpaired) electrons. The van der Waals surface area contributed by atoms with Gasteiger partial charge in [0.15, 0.2) is 6.10 Å². The van der Waals surface area contributed by atoms with Crippen LogP contribution < -0.4 is 4.74 Å². The molecule has 4 nitrogen and oxygen atoms in total. The van der Waals surface area contributed by atoms with Crippen molar-refractivity contribution in [1.82, 2.24) is 0 Å². The van der Waals surface area contributed by atoms with E-state index in [1.165, 1.54) is 0 Å². The number of fused-ring (bicyclic) bond motifs is 1. The zero-order valence-electron chi connectivity index (χ0n) is 12.1. The Morgan fingerprint density at radius 2 is 2.25 bits per heavy atom. The smallest absolute Gasteiger partial charge is 0.347 e. The number of esters is 1. The fourth-order valence-electron chi connectivity index (χ4n) is 2.54. The van der Waals surface area contributed by atoms with Crippen molar-refractivity contribution >= 4 is 5.97 Å². The Morgan fingerprint density at radius 1 is 1.45 bits per heavy atom. The molecule has 0 aliphatic heterocycles. The van der Waals surface area contributed by atoms with Crippen LogP contribution in [0.2, 0.25) is 0 Å². The van der Waals surface area contributed by atoms with Crippen LogP contribution in [0, 0.1) is 0 Å². The largest absolute Gasteiger partial charge is 0.479 e. The van der Waals surface area contributed by atoms with E-state index in [0.717, 1.165) is 30.4 Å². The zero-order valence-corrected chi connectivity index (χ0v) is 12.1. The molecule has 0 heterocycles. The lowest BCUT2D eigenvalue weighted by molar-refractivity contribution is -0.151. The number of benzene rings is 1. The minimum atomic E-state index is -0.568. The number of aryl methyl sites for hydroxylation is 1. The molecule has 2 atom stereocenters. The van der Waals surface area contributed by atoms with E-state index in [0.29, 0.717) is 18.8 Å². The van der Waals surface area contributed by atoms with E-state index in [1.54, 1.807) is 6.92 Å². The third kappa shape index (κ3) is 3.31. The van der Waals surface area contributed by atoms with Gasteiger partial charge >= 0.3 is 5.97 Å². The summed E-state index contributed by atoms with van der Waals surface area (Å²) in [5.41, 5.74) is 2.09. The van der Waals surface area contributed by atoms with Gasteiger partial charge in [0.25, 0.3) is 0 Å². The highest BCUT2D eigenvalue weighted by Crippen LogP contribution is 2.32. The fraction of sp³-hybridized carbons (Fsp3) is 0.562. The van der Waals surface area contributed by atoms with Crippen molar-refractivity contribution in [2.24, 2.45) is 0 Å². The summed E-state index contributed by atoms with van der Waals surface area (Å²) in [6.07, 6.45) is 2.36. The summed E-state index contributed by atoms with van der Waals surface area (Å²) >= 11 is 0. The van der Waals surface area contributed by atoms with Gasteiger partial charge in [-0.3, -0.25) is 0 Å². The number of carbonyl (C=O) groups excluding carboxylic acids is 1. The van der Waals surface area contributed by atoms with Crippen molar-refractivity contribution < 1.29 is 19.4 Å². The first-order valence-corrected chi connectivity index (χ1v) is 7.29. The number of ether oxygens (including phenoxy) is 2. The Bertz CT molecular complexity index is 470. The molecule has 2 rings (SSSR count). The fourth-order valence-corrected chi connectivity index (χ4v) is 2.54. The van der Waals surface area contributed by atoms with Crippen molar-refractivity contribution in [3.05, 3.63) is 29.3 Å². The molecule has 0 saturated carbocycles. The summed E-state index contributed by atoms with van der Waals surface area (Å²) in [6, 6.07) is 5.64. The molecule has 110 valence electrons.